The number of primary sulfonamides is 1. The van der Waals surface area contributed by atoms with Crippen molar-refractivity contribution < 1.29 is 8.42 Å². The number of nitrogens with two attached hydrogens (primary N) is 1. The highest BCUT2D eigenvalue weighted by Gasteiger charge is 2.18. The summed E-state index contributed by atoms with van der Waals surface area (Å²) in [6, 6.07) is 21.9. The first kappa shape index (κ1) is 19.8. The fraction of sp³-hybridized carbons (Fsp3) is 0. The van der Waals surface area contributed by atoms with E-state index in [1.54, 1.807) is 34.3 Å². The lowest BCUT2D eigenvalue weighted by Crippen LogP contribution is -2.11. The first-order valence-electron chi connectivity index (χ1n) is 8.89. The fourth-order valence-corrected chi connectivity index (χ4v) is 4.15. The Kier molecular flexibility index (Phi) is 5.33. The second kappa shape index (κ2) is 8.08. The summed E-state index contributed by atoms with van der Waals surface area (Å²) in [7, 11) is -3.79. The Morgan fingerprint density at radius 2 is 1.77 bits per heavy atom. The highest BCUT2D eigenvalue weighted by atomic mass is 32.2. The highest BCUT2D eigenvalue weighted by molar-refractivity contribution is 7.89. The molecule has 2 N–H and O–H groups in total. The summed E-state index contributed by atoms with van der Waals surface area (Å²) >= 11 is 1.54. The molecular formula is C22H16N4O2S2. The molecule has 8 heteroatoms. The van der Waals surface area contributed by atoms with Gasteiger partial charge < -0.3 is 4.57 Å². The molecule has 0 spiro atoms. The molecule has 0 aliphatic heterocycles. The number of thiophene rings is 1. The SMILES string of the molecule is N#Cc1c(-c2ccccc2)cn(-c2ccc(S(N)(=O)=O)cc2)c1/N=C/c1cccs1. The molecular weight excluding hydrogens is 416 g/mol. The van der Waals surface area contributed by atoms with Crippen LogP contribution in [0.3, 0.4) is 0 Å². The summed E-state index contributed by atoms with van der Waals surface area (Å²) in [5.41, 5.74) is 2.73. The topological polar surface area (TPSA) is 101 Å². The van der Waals surface area contributed by atoms with Crippen molar-refractivity contribution in [1.29, 1.82) is 5.26 Å². The number of hydrogen-bond acceptors (Lipinski definition) is 5. The van der Waals surface area contributed by atoms with E-state index in [0.29, 0.717) is 17.1 Å². The zero-order valence-electron chi connectivity index (χ0n) is 15.6. The smallest absolute Gasteiger partial charge is 0.238 e. The number of aromatic nitrogens is 1. The van der Waals surface area contributed by atoms with Gasteiger partial charge in [0.05, 0.1) is 4.90 Å². The van der Waals surface area contributed by atoms with E-state index in [0.717, 1.165) is 16.0 Å². The van der Waals surface area contributed by atoms with E-state index in [2.05, 4.69) is 11.1 Å². The molecule has 0 saturated carbocycles. The van der Waals surface area contributed by atoms with E-state index >= 15 is 0 Å². The van der Waals surface area contributed by atoms with Gasteiger partial charge in [-0.3, -0.25) is 0 Å². The lowest BCUT2D eigenvalue weighted by Gasteiger charge is -2.07. The quantitative estimate of drug-likeness (QED) is 0.471. The molecule has 0 saturated heterocycles. The van der Waals surface area contributed by atoms with Gasteiger partial charge >= 0.3 is 0 Å². The van der Waals surface area contributed by atoms with Gasteiger partial charge in [0, 0.05) is 28.5 Å². The molecule has 4 rings (SSSR count). The number of rotatable bonds is 5. The van der Waals surface area contributed by atoms with Crippen molar-refractivity contribution in [3.63, 3.8) is 0 Å². The van der Waals surface area contributed by atoms with Crippen LogP contribution in [0.25, 0.3) is 16.8 Å². The van der Waals surface area contributed by atoms with E-state index in [-0.39, 0.29) is 4.90 Å². The molecule has 2 aromatic carbocycles. The lowest BCUT2D eigenvalue weighted by atomic mass is 10.1. The molecule has 2 heterocycles. The van der Waals surface area contributed by atoms with Gasteiger partial charge in [-0.25, -0.2) is 18.5 Å². The second-order valence-corrected chi connectivity index (χ2v) is 8.94. The second-order valence-electron chi connectivity index (χ2n) is 6.40. The third kappa shape index (κ3) is 3.95. The van der Waals surface area contributed by atoms with Crippen LogP contribution in [-0.4, -0.2) is 19.2 Å². The maximum Gasteiger partial charge on any atom is 0.238 e. The Labute approximate surface area is 178 Å². The summed E-state index contributed by atoms with van der Waals surface area (Å²) in [6.07, 6.45) is 3.55. The van der Waals surface area contributed by atoms with Gasteiger partial charge in [0.2, 0.25) is 10.0 Å². The molecule has 148 valence electrons. The first-order chi connectivity index (χ1) is 14.5. The highest BCUT2D eigenvalue weighted by Crippen LogP contribution is 2.35. The predicted octanol–water partition coefficient (Wildman–Crippen LogP) is 4.48. The molecule has 0 fully saturated rings. The van der Waals surface area contributed by atoms with Crippen LogP contribution in [0.15, 0.2) is 88.2 Å². The Balaban J connectivity index is 1.90. The minimum absolute atomic E-state index is 0.0193. The maximum absolute atomic E-state index is 11.6. The minimum Gasteiger partial charge on any atom is -0.300 e. The largest absolute Gasteiger partial charge is 0.300 e. The number of nitriles is 1. The zero-order valence-corrected chi connectivity index (χ0v) is 17.3. The van der Waals surface area contributed by atoms with Crippen LogP contribution in [0.2, 0.25) is 0 Å². The van der Waals surface area contributed by atoms with E-state index in [4.69, 9.17) is 5.14 Å². The third-order valence-electron chi connectivity index (χ3n) is 4.48. The molecule has 0 bridgehead atoms. The monoisotopic (exact) mass is 432 g/mol. The van der Waals surface area contributed by atoms with Crippen molar-refractivity contribution in [2.75, 3.05) is 0 Å². The van der Waals surface area contributed by atoms with Crippen molar-refractivity contribution >= 4 is 33.4 Å². The van der Waals surface area contributed by atoms with Crippen molar-refractivity contribution in [3.8, 4) is 22.9 Å². The summed E-state index contributed by atoms with van der Waals surface area (Å²) in [5, 5.41) is 17.1. The van der Waals surface area contributed by atoms with E-state index in [9.17, 15) is 13.7 Å². The van der Waals surface area contributed by atoms with E-state index in [1.807, 2.05) is 54.0 Å². The third-order valence-corrected chi connectivity index (χ3v) is 6.21. The Hall–Kier alpha value is -3.51. The average Bonchev–Trinajstić information content (AvgIpc) is 3.40. The summed E-state index contributed by atoms with van der Waals surface area (Å²) in [6.45, 7) is 0. The summed E-state index contributed by atoms with van der Waals surface area (Å²) < 4.78 is 24.9. The van der Waals surface area contributed by atoms with Crippen LogP contribution in [0, 0.1) is 11.3 Å². The van der Waals surface area contributed by atoms with Crippen LogP contribution < -0.4 is 5.14 Å². The molecule has 0 aliphatic carbocycles. The lowest BCUT2D eigenvalue weighted by molar-refractivity contribution is 0.598. The average molecular weight is 433 g/mol. The number of sulfonamides is 1. The predicted molar refractivity (Wildman–Crippen MR) is 119 cm³/mol. The standard InChI is InChI=1S/C22H16N4O2S2/c23-13-20-21(16-5-2-1-3-6-16)15-26(22(20)25-14-18-7-4-12-29-18)17-8-10-19(11-9-17)30(24,27)28/h1-12,14-15H,(H2,24,27,28)/b25-14+. The number of nitrogens with zero attached hydrogens (tertiary/aromatic N) is 3. The van der Waals surface area contributed by atoms with Gasteiger partial charge in [-0.15, -0.1) is 11.3 Å². The van der Waals surface area contributed by atoms with Gasteiger partial charge in [-0.2, -0.15) is 5.26 Å². The Bertz CT molecular complexity index is 1350. The van der Waals surface area contributed by atoms with Gasteiger partial charge in [-0.05, 0) is 41.3 Å². The minimum atomic E-state index is -3.79. The van der Waals surface area contributed by atoms with Crippen LogP contribution >= 0.6 is 11.3 Å². The van der Waals surface area contributed by atoms with Crippen LogP contribution in [-0.2, 0) is 10.0 Å². The van der Waals surface area contributed by atoms with Crippen LogP contribution in [0.5, 0.6) is 0 Å². The van der Waals surface area contributed by atoms with Gasteiger partial charge in [-0.1, -0.05) is 36.4 Å². The molecule has 0 radical (unpaired) electrons. The Morgan fingerprint density at radius 3 is 2.37 bits per heavy atom. The van der Waals surface area contributed by atoms with Gasteiger partial charge in [0.25, 0.3) is 0 Å². The van der Waals surface area contributed by atoms with Crippen molar-refractivity contribution in [1.82, 2.24) is 4.57 Å². The number of aliphatic imine (C=N–C) groups is 1. The molecule has 4 aromatic rings. The van der Waals surface area contributed by atoms with E-state index in [1.165, 1.54) is 12.1 Å². The molecule has 0 atom stereocenters. The summed E-state index contributed by atoms with van der Waals surface area (Å²) in [5.74, 6) is 0.466. The van der Waals surface area contributed by atoms with Gasteiger partial charge in [0.1, 0.15) is 11.6 Å². The van der Waals surface area contributed by atoms with Crippen LogP contribution in [0.4, 0.5) is 5.82 Å². The normalized spacial score (nSPS) is 11.6. The van der Waals surface area contributed by atoms with Gasteiger partial charge in [0.15, 0.2) is 5.82 Å². The molecule has 0 aliphatic rings. The van der Waals surface area contributed by atoms with Crippen molar-refractivity contribution in [3.05, 3.63) is 88.7 Å². The molecule has 0 unspecified atom stereocenters. The van der Waals surface area contributed by atoms with Crippen molar-refractivity contribution in [2.45, 2.75) is 4.90 Å². The van der Waals surface area contributed by atoms with Crippen LogP contribution in [0.1, 0.15) is 10.4 Å². The molecule has 30 heavy (non-hydrogen) atoms. The number of hydrogen-bond donors (Lipinski definition) is 1. The maximum atomic E-state index is 11.6. The molecule has 0 amide bonds. The first-order valence-corrected chi connectivity index (χ1v) is 11.3. The summed E-state index contributed by atoms with van der Waals surface area (Å²) in [4.78, 5) is 5.57. The molecule has 6 nitrogen and oxygen atoms in total. The molecule has 2 aromatic heterocycles. The number of benzene rings is 2. The Morgan fingerprint density at radius 1 is 1.03 bits per heavy atom. The van der Waals surface area contributed by atoms with Crippen molar-refractivity contribution in [2.24, 2.45) is 10.1 Å². The van der Waals surface area contributed by atoms with E-state index < -0.39 is 10.0 Å². The fourth-order valence-electron chi connectivity index (χ4n) is 3.05. The zero-order chi connectivity index (χ0) is 21.1.